The van der Waals surface area contributed by atoms with Crippen LogP contribution in [0, 0.1) is 0 Å². The van der Waals surface area contributed by atoms with E-state index in [1.54, 1.807) is 0 Å². The van der Waals surface area contributed by atoms with Gasteiger partial charge in [-0.2, -0.15) is 0 Å². The summed E-state index contributed by atoms with van der Waals surface area (Å²) in [5.74, 6) is 2.05. The van der Waals surface area contributed by atoms with E-state index in [0.717, 1.165) is 17.7 Å². The van der Waals surface area contributed by atoms with Gasteiger partial charge in [0.1, 0.15) is 17.2 Å². The van der Waals surface area contributed by atoms with Crippen molar-refractivity contribution in [3.8, 4) is 11.6 Å². The fourth-order valence-electron chi connectivity index (χ4n) is 2.14. The summed E-state index contributed by atoms with van der Waals surface area (Å²) in [6, 6.07) is 8.14. The molecule has 0 saturated carbocycles. The zero-order valence-electron chi connectivity index (χ0n) is 12.9. The normalized spacial score (nSPS) is 12.5. The maximum Gasteiger partial charge on any atom is 0.227 e. The molecule has 1 unspecified atom stereocenters. The van der Waals surface area contributed by atoms with Gasteiger partial charge >= 0.3 is 0 Å². The zero-order chi connectivity index (χ0) is 15.4. The van der Waals surface area contributed by atoms with Gasteiger partial charge in [0, 0.05) is 0 Å². The minimum absolute atomic E-state index is 0.202. The summed E-state index contributed by atoms with van der Waals surface area (Å²) in [5, 5.41) is 0.450. The molecule has 2 aromatic rings. The smallest absolute Gasteiger partial charge is 0.227 e. The fourth-order valence-corrected chi connectivity index (χ4v) is 2.48. The van der Waals surface area contributed by atoms with Gasteiger partial charge in [-0.25, -0.2) is 9.97 Å². The van der Waals surface area contributed by atoms with Crippen LogP contribution in [0.5, 0.6) is 11.6 Å². The van der Waals surface area contributed by atoms with Crippen LogP contribution < -0.4 is 4.74 Å². The molecule has 1 aromatic heterocycles. The lowest BCUT2D eigenvalue weighted by Gasteiger charge is -2.14. The van der Waals surface area contributed by atoms with Crippen molar-refractivity contribution in [2.75, 3.05) is 0 Å². The molecule has 0 fully saturated rings. The average molecular weight is 305 g/mol. The molecule has 0 amide bonds. The van der Waals surface area contributed by atoms with Crippen LogP contribution in [0.25, 0.3) is 0 Å². The molecule has 0 aliphatic heterocycles. The zero-order valence-corrected chi connectivity index (χ0v) is 13.7. The summed E-state index contributed by atoms with van der Waals surface area (Å²) in [6.07, 6.45) is 2.55. The van der Waals surface area contributed by atoms with Gasteiger partial charge in [0.05, 0.1) is 5.56 Å². The van der Waals surface area contributed by atoms with Crippen molar-refractivity contribution in [2.45, 2.75) is 46.0 Å². The highest BCUT2D eigenvalue weighted by molar-refractivity contribution is 6.30. The second-order valence-electron chi connectivity index (χ2n) is 5.52. The quantitative estimate of drug-likeness (QED) is 0.678. The van der Waals surface area contributed by atoms with Crippen molar-refractivity contribution >= 4 is 11.6 Å². The van der Waals surface area contributed by atoms with Crippen LogP contribution in [0.3, 0.4) is 0 Å². The first kappa shape index (κ1) is 15.8. The third-order valence-corrected chi connectivity index (χ3v) is 3.95. The minimum Gasteiger partial charge on any atom is -0.439 e. The maximum absolute atomic E-state index is 6.15. The van der Waals surface area contributed by atoms with Crippen LogP contribution in [0.1, 0.15) is 57.1 Å². The Morgan fingerprint density at radius 1 is 1.10 bits per heavy atom. The summed E-state index contributed by atoms with van der Waals surface area (Å²) in [4.78, 5) is 8.24. The molecule has 0 radical (unpaired) electrons. The Labute approximate surface area is 131 Å². The Balaban J connectivity index is 2.25. The average Bonchev–Trinajstić information content (AvgIpc) is 2.47. The van der Waals surface area contributed by atoms with E-state index in [-0.39, 0.29) is 5.92 Å². The van der Waals surface area contributed by atoms with Gasteiger partial charge in [0.15, 0.2) is 0 Å². The molecule has 0 aliphatic rings. The number of hydrogen-bond acceptors (Lipinski definition) is 3. The number of aromatic nitrogens is 2. The SMILES string of the molecule is CCC(C)c1ccc(Oc2ncnc(Cl)c2C(C)C)cc1. The molecule has 21 heavy (non-hydrogen) atoms. The number of rotatable bonds is 5. The number of ether oxygens (including phenoxy) is 1. The van der Waals surface area contributed by atoms with Crippen molar-refractivity contribution in [3.63, 3.8) is 0 Å². The number of benzene rings is 1. The second kappa shape index (κ2) is 6.90. The van der Waals surface area contributed by atoms with E-state index in [4.69, 9.17) is 16.3 Å². The van der Waals surface area contributed by atoms with Crippen molar-refractivity contribution in [1.82, 2.24) is 9.97 Å². The highest BCUT2D eigenvalue weighted by Crippen LogP contribution is 2.33. The second-order valence-corrected chi connectivity index (χ2v) is 5.88. The maximum atomic E-state index is 6.15. The third kappa shape index (κ3) is 3.73. The van der Waals surface area contributed by atoms with Crippen molar-refractivity contribution in [3.05, 3.63) is 46.9 Å². The van der Waals surface area contributed by atoms with Crippen LogP contribution in [0.4, 0.5) is 0 Å². The molecule has 3 nitrogen and oxygen atoms in total. The molecule has 0 spiro atoms. The van der Waals surface area contributed by atoms with E-state index in [1.807, 2.05) is 26.0 Å². The van der Waals surface area contributed by atoms with Crippen LogP contribution in [-0.2, 0) is 0 Å². The first-order valence-corrected chi connectivity index (χ1v) is 7.68. The summed E-state index contributed by atoms with van der Waals surface area (Å²) in [7, 11) is 0. The van der Waals surface area contributed by atoms with Gasteiger partial charge in [0.25, 0.3) is 0 Å². The molecule has 1 heterocycles. The van der Waals surface area contributed by atoms with E-state index < -0.39 is 0 Å². The molecule has 1 aromatic carbocycles. The predicted octanol–water partition coefficient (Wildman–Crippen LogP) is 5.56. The van der Waals surface area contributed by atoms with E-state index in [0.29, 0.717) is 17.0 Å². The molecule has 0 bridgehead atoms. The molecule has 0 N–H and O–H groups in total. The monoisotopic (exact) mass is 304 g/mol. The molecule has 4 heteroatoms. The van der Waals surface area contributed by atoms with Gasteiger partial charge in [-0.3, -0.25) is 0 Å². The third-order valence-electron chi connectivity index (χ3n) is 3.65. The van der Waals surface area contributed by atoms with Gasteiger partial charge in [0.2, 0.25) is 5.88 Å². The lowest BCUT2D eigenvalue weighted by Crippen LogP contribution is -2.00. The first-order chi connectivity index (χ1) is 10.0. The molecule has 112 valence electrons. The molecule has 0 aliphatic carbocycles. The molecule has 0 saturated heterocycles. The summed E-state index contributed by atoms with van der Waals surface area (Å²) in [5.41, 5.74) is 2.15. The van der Waals surface area contributed by atoms with Crippen LogP contribution in [0.2, 0.25) is 5.15 Å². The number of nitrogens with zero attached hydrogens (tertiary/aromatic N) is 2. The van der Waals surface area contributed by atoms with Crippen LogP contribution >= 0.6 is 11.6 Å². The van der Waals surface area contributed by atoms with Gasteiger partial charge in [-0.15, -0.1) is 0 Å². The summed E-state index contributed by atoms with van der Waals surface area (Å²) >= 11 is 6.15. The standard InChI is InChI=1S/C17H21ClN2O/c1-5-12(4)13-6-8-14(9-7-13)21-17-15(11(2)3)16(18)19-10-20-17/h6-12H,5H2,1-4H3. The summed E-state index contributed by atoms with van der Waals surface area (Å²) in [6.45, 7) is 8.50. The van der Waals surface area contributed by atoms with E-state index in [2.05, 4.69) is 35.9 Å². The van der Waals surface area contributed by atoms with Crippen LogP contribution in [0.15, 0.2) is 30.6 Å². The van der Waals surface area contributed by atoms with E-state index in [9.17, 15) is 0 Å². The Bertz CT molecular complexity index is 596. The number of hydrogen-bond donors (Lipinski definition) is 0. The highest BCUT2D eigenvalue weighted by Gasteiger charge is 2.15. The Kier molecular flexibility index (Phi) is 5.18. The first-order valence-electron chi connectivity index (χ1n) is 7.31. The molecular formula is C17H21ClN2O. The Hall–Kier alpha value is -1.61. The largest absolute Gasteiger partial charge is 0.439 e. The lowest BCUT2D eigenvalue weighted by atomic mass is 9.99. The van der Waals surface area contributed by atoms with Crippen molar-refractivity contribution in [1.29, 1.82) is 0 Å². The predicted molar refractivity (Wildman–Crippen MR) is 86.4 cm³/mol. The lowest BCUT2D eigenvalue weighted by molar-refractivity contribution is 0.451. The van der Waals surface area contributed by atoms with Gasteiger partial charge in [-0.05, 0) is 36.0 Å². The van der Waals surface area contributed by atoms with Crippen molar-refractivity contribution < 1.29 is 4.74 Å². The van der Waals surface area contributed by atoms with E-state index in [1.165, 1.54) is 11.9 Å². The number of halogens is 1. The van der Waals surface area contributed by atoms with E-state index >= 15 is 0 Å². The molecule has 1 atom stereocenters. The fraction of sp³-hybridized carbons (Fsp3) is 0.412. The minimum atomic E-state index is 0.202. The van der Waals surface area contributed by atoms with Gasteiger partial charge < -0.3 is 4.74 Å². The Morgan fingerprint density at radius 3 is 2.33 bits per heavy atom. The van der Waals surface area contributed by atoms with Gasteiger partial charge in [-0.1, -0.05) is 51.4 Å². The molecular weight excluding hydrogens is 284 g/mol. The molecule has 2 rings (SSSR count). The van der Waals surface area contributed by atoms with Crippen molar-refractivity contribution in [2.24, 2.45) is 0 Å². The highest BCUT2D eigenvalue weighted by atomic mass is 35.5. The topological polar surface area (TPSA) is 35.0 Å². The Morgan fingerprint density at radius 2 is 1.76 bits per heavy atom. The summed E-state index contributed by atoms with van der Waals surface area (Å²) < 4.78 is 5.88. The van der Waals surface area contributed by atoms with Crippen LogP contribution in [-0.4, -0.2) is 9.97 Å².